The average Bonchev–Trinajstić information content (AvgIpc) is 3.28. The molecule has 0 bridgehead atoms. The number of aryl methyl sites for hydroxylation is 1. The molecule has 1 aromatic carbocycles. The predicted molar refractivity (Wildman–Crippen MR) is 142 cm³/mol. The summed E-state index contributed by atoms with van der Waals surface area (Å²) in [4.78, 5) is 30.9. The van der Waals surface area contributed by atoms with Crippen molar-refractivity contribution in [3.63, 3.8) is 0 Å². The van der Waals surface area contributed by atoms with Crippen molar-refractivity contribution in [2.75, 3.05) is 0 Å². The third kappa shape index (κ3) is 3.88. The molecule has 6 nitrogen and oxygen atoms in total. The number of pyridine rings is 2. The average molecular weight is 497 g/mol. The molecular formula is C31H32N2O4. The molecule has 0 radical (unpaired) electrons. The van der Waals surface area contributed by atoms with E-state index in [2.05, 4.69) is 37.0 Å². The van der Waals surface area contributed by atoms with Gasteiger partial charge in [0.2, 0.25) is 0 Å². The second kappa shape index (κ2) is 9.15. The van der Waals surface area contributed by atoms with Crippen LogP contribution in [-0.2, 0) is 34.7 Å². The van der Waals surface area contributed by atoms with Crippen molar-refractivity contribution in [1.82, 2.24) is 9.55 Å². The third-order valence-electron chi connectivity index (χ3n) is 8.42. The first kappa shape index (κ1) is 23.9. The molecule has 2 aliphatic heterocycles. The zero-order valence-electron chi connectivity index (χ0n) is 21.5. The molecule has 4 heterocycles. The number of ether oxygens (including phenoxy) is 1. The van der Waals surface area contributed by atoms with Gasteiger partial charge in [-0.2, -0.15) is 0 Å². The Bertz CT molecular complexity index is 1550. The van der Waals surface area contributed by atoms with Gasteiger partial charge in [0, 0.05) is 28.5 Å². The van der Waals surface area contributed by atoms with Crippen LogP contribution in [0.4, 0.5) is 0 Å². The Morgan fingerprint density at radius 3 is 2.70 bits per heavy atom. The molecule has 2 aromatic heterocycles. The summed E-state index contributed by atoms with van der Waals surface area (Å²) in [6.07, 6.45) is 8.51. The van der Waals surface area contributed by atoms with Crippen molar-refractivity contribution in [3.8, 4) is 23.2 Å². The van der Waals surface area contributed by atoms with Crippen molar-refractivity contribution in [3.05, 3.63) is 62.4 Å². The highest BCUT2D eigenvalue weighted by atomic mass is 16.6. The maximum atomic E-state index is 13.4. The van der Waals surface area contributed by atoms with Crippen molar-refractivity contribution in [2.24, 2.45) is 5.92 Å². The van der Waals surface area contributed by atoms with Crippen LogP contribution in [-0.4, -0.2) is 20.6 Å². The van der Waals surface area contributed by atoms with Crippen molar-refractivity contribution in [1.29, 1.82) is 0 Å². The highest BCUT2D eigenvalue weighted by molar-refractivity contribution is 5.88. The fraction of sp³-hybridized carbons (Fsp3) is 0.452. The van der Waals surface area contributed by atoms with E-state index in [4.69, 9.17) is 9.72 Å². The largest absolute Gasteiger partial charge is 0.458 e. The first-order valence-electron chi connectivity index (χ1n) is 13.6. The molecule has 1 aliphatic carbocycles. The summed E-state index contributed by atoms with van der Waals surface area (Å²) in [5, 5.41) is 12.1. The lowest BCUT2D eigenvalue weighted by molar-refractivity contribution is -0.172. The monoisotopic (exact) mass is 496 g/mol. The summed E-state index contributed by atoms with van der Waals surface area (Å²) in [7, 11) is 0. The van der Waals surface area contributed by atoms with Crippen LogP contribution in [0.5, 0.6) is 0 Å². The van der Waals surface area contributed by atoms with Crippen LogP contribution >= 0.6 is 0 Å². The minimum atomic E-state index is -1.82. The minimum Gasteiger partial charge on any atom is -0.458 e. The Morgan fingerprint density at radius 2 is 1.95 bits per heavy atom. The third-order valence-corrected chi connectivity index (χ3v) is 8.42. The number of aliphatic hydroxyl groups is 1. The molecule has 3 aliphatic rings. The van der Waals surface area contributed by atoms with E-state index in [0.29, 0.717) is 23.4 Å². The van der Waals surface area contributed by atoms with Gasteiger partial charge in [-0.1, -0.05) is 45.0 Å². The second-order valence-electron chi connectivity index (χ2n) is 10.7. The van der Waals surface area contributed by atoms with Gasteiger partial charge in [0.15, 0.2) is 5.60 Å². The summed E-state index contributed by atoms with van der Waals surface area (Å²) in [5.41, 5.74) is 3.99. The fourth-order valence-corrected chi connectivity index (χ4v) is 6.20. The maximum absolute atomic E-state index is 13.4. The molecule has 1 fully saturated rings. The molecule has 37 heavy (non-hydrogen) atoms. The van der Waals surface area contributed by atoms with Crippen LogP contribution < -0.4 is 5.56 Å². The highest BCUT2D eigenvalue weighted by Gasteiger charge is 2.45. The smallest absolute Gasteiger partial charge is 0.343 e. The lowest BCUT2D eigenvalue weighted by atomic mass is 9.86. The predicted octanol–water partition coefficient (Wildman–Crippen LogP) is 4.96. The quantitative estimate of drug-likeness (QED) is 0.320. The molecule has 0 amide bonds. The number of hydrogen-bond acceptors (Lipinski definition) is 5. The van der Waals surface area contributed by atoms with Gasteiger partial charge in [-0.15, -0.1) is 0 Å². The molecule has 190 valence electrons. The number of hydrogen-bond donors (Lipinski definition) is 1. The Labute approximate surface area is 216 Å². The van der Waals surface area contributed by atoms with Crippen LogP contribution in [0.2, 0.25) is 0 Å². The number of carbonyl (C=O) groups is 1. The molecule has 6 rings (SSSR count). The number of aromatic nitrogens is 2. The van der Waals surface area contributed by atoms with E-state index in [9.17, 15) is 14.7 Å². The Morgan fingerprint density at radius 1 is 1.14 bits per heavy atom. The first-order chi connectivity index (χ1) is 17.9. The molecule has 3 aromatic rings. The summed E-state index contributed by atoms with van der Waals surface area (Å²) < 4.78 is 6.86. The zero-order chi connectivity index (χ0) is 25.7. The van der Waals surface area contributed by atoms with E-state index in [1.165, 1.54) is 32.1 Å². The Kier molecular flexibility index (Phi) is 5.92. The number of cyclic esters (lactones) is 1. The van der Waals surface area contributed by atoms with Gasteiger partial charge in [0.05, 0.1) is 29.0 Å². The van der Waals surface area contributed by atoms with Crippen LogP contribution in [0, 0.1) is 17.8 Å². The lowest BCUT2D eigenvalue weighted by Crippen LogP contribution is -2.44. The normalized spacial score (nSPS) is 20.6. The maximum Gasteiger partial charge on any atom is 0.343 e. The summed E-state index contributed by atoms with van der Waals surface area (Å²) in [5.74, 6) is 6.85. The van der Waals surface area contributed by atoms with Gasteiger partial charge in [0.1, 0.15) is 6.61 Å². The number of esters is 1. The molecular weight excluding hydrogens is 464 g/mol. The van der Waals surface area contributed by atoms with Crippen LogP contribution in [0.3, 0.4) is 0 Å². The Balaban J connectivity index is 1.42. The molecule has 1 saturated carbocycles. The Hall–Kier alpha value is -3.43. The number of fused-ring (bicyclic) bond motifs is 5. The molecule has 6 heteroatoms. The van der Waals surface area contributed by atoms with Gasteiger partial charge >= 0.3 is 5.97 Å². The minimum absolute atomic E-state index is 0.121. The zero-order valence-corrected chi connectivity index (χ0v) is 21.5. The van der Waals surface area contributed by atoms with Crippen LogP contribution in [0.1, 0.15) is 86.6 Å². The number of rotatable bonds is 3. The van der Waals surface area contributed by atoms with Gasteiger partial charge in [0.25, 0.3) is 5.56 Å². The molecule has 1 N–H and O–H groups in total. The molecule has 1 atom stereocenters. The standard InChI is InChI=1S/C31H32N2O4/c1-3-21-13-20(12-8-11-19-9-6-5-7-10-19)14-22-15-23-17-33-26(28(23)32-27(21)22)16-25-24(29(33)34)18-37-30(35)31(25,36)4-2/h13-16,19,36H,3-7,9-11,17-18H2,1-2H3/t31-/m0/s1. The second-order valence-corrected chi connectivity index (χ2v) is 10.7. The summed E-state index contributed by atoms with van der Waals surface area (Å²) in [6.45, 7) is 4.11. The molecule has 0 unspecified atom stereocenters. The van der Waals surface area contributed by atoms with Crippen LogP contribution in [0.25, 0.3) is 22.3 Å². The number of carbonyl (C=O) groups excluding carboxylic acids is 1. The number of benzene rings is 1. The highest BCUT2D eigenvalue weighted by Crippen LogP contribution is 2.39. The van der Waals surface area contributed by atoms with Crippen molar-refractivity contribution < 1.29 is 14.6 Å². The van der Waals surface area contributed by atoms with Gasteiger partial charge in [-0.25, -0.2) is 9.78 Å². The van der Waals surface area contributed by atoms with E-state index in [-0.39, 0.29) is 18.6 Å². The first-order valence-corrected chi connectivity index (χ1v) is 13.6. The van der Waals surface area contributed by atoms with E-state index >= 15 is 0 Å². The molecule has 0 spiro atoms. The lowest BCUT2D eigenvalue weighted by Gasteiger charge is -2.31. The topological polar surface area (TPSA) is 81.4 Å². The van der Waals surface area contributed by atoms with Gasteiger partial charge < -0.3 is 14.4 Å². The van der Waals surface area contributed by atoms with Crippen LogP contribution in [0.15, 0.2) is 29.1 Å². The van der Waals surface area contributed by atoms with E-state index in [1.54, 1.807) is 17.6 Å². The van der Waals surface area contributed by atoms with E-state index in [1.807, 2.05) is 0 Å². The fourth-order valence-electron chi connectivity index (χ4n) is 6.20. The molecule has 0 saturated heterocycles. The summed E-state index contributed by atoms with van der Waals surface area (Å²) in [6, 6.07) is 8.12. The van der Waals surface area contributed by atoms with E-state index < -0.39 is 11.6 Å². The van der Waals surface area contributed by atoms with Gasteiger partial charge in [-0.3, -0.25) is 4.79 Å². The SMILES string of the molecule is CCc1cc(C#CCC2CCCCC2)cc2cc3c(nc12)-c1cc2c(c(=O)n1C3)COC(=O)[C@]2(O)CC. The van der Waals surface area contributed by atoms with Crippen molar-refractivity contribution in [2.45, 2.75) is 84.0 Å². The van der Waals surface area contributed by atoms with Crippen molar-refractivity contribution >= 4 is 16.9 Å². The number of nitrogens with zero attached hydrogens (tertiary/aromatic N) is 2. The summed E-state index contributed by atoms with van der Waals surface area (Å²) >= 11 is 0. The van der Waals surface area contributed by atoms with Gasteiger partial charge in [-0.05, 0) is 61.4 Å². The van der Waals surface area contributed by atoms with E-state index in [0.717, 1.165) is 52.0 Å².